The Morgan fingerprint density at radius 3 is 1.11 bits per heavy atom. The van der Waals surface area contributed by atoms with Crippen LogP contribution in [0.4, 0.5) is 0 Å². The van der Waals surface area contributed by atoms with E-state index < -0.39 is 5.60 Å². The van der Waals surface area contributed by atoms with Crippen molar-refractivity contribution in [1.29, 1.82) is 0 Å². The average Bonchev–Trinajstić information content (AvgIpc) is 3.16. The van der Waals surface area contributed by atoms with Crippen LogP contribution in [0.2, 0.25) is 0 Å². The average molecular weight is 921 g/mol. The Kier molecular flexibility index (Phi) is 98.6. The lowest BCUT2D eigenvalue weighted by Crippen LogP contribution is -2.41. The summed E-state index contributed by atoms with van der Waals surface area (Å²) >= 11 is 0. The van der Waals surface area contributed by atoms with Gasteiger partial charge in [0, 0.05) is 30.8 Å². The van der Waals surface area contributed by atoms with Gasteiger partial charge in [-0.3, -0.25) is 10.5 Å². The maximum Gasteiger partial charge on any atom is 0.116 e. The number of rotatable bonds is 20. The van der Waals surface area contributed by atoms with Crippen molar-refractivity contribution in [3.63, 3.8) is 0 Å². The monoisotopic (exact) mass is 920 g/mol. The molecule has 396 valence electrons. The molecule has 6 atom stereocenters. The normalized spacial score (nSPS) is 13.5. The van der Waals surface area contributed by atoms with E-state index in [9.17, 15) is 5.11 Å². The highest BCUT2D eigenvalue weighted by atomic mass is 17.1. The van der Waals surface area contributed by atoms with Gasteiger partial charge in [0.2, 0.25) is 0 Å². The fourth-order valence-corrected chi connectivity index (χ4v) is 5.08. The molecule has 0 spiro atoms. The van der Waals surface area contributed by atoms with Gasteiger partial charge in [-0.2, -0.15) is 0 Å². The van der Waals surface area contributed by atoms with Crippen molar-refractivity contribution < 1.29 is 39.7 Å². The van der Waals surface area contributed by atoms with Gasteiger partial charge in [-0.25, -0.2) is 9.78 Å². The van der Waals surface area contributed by atoms with Gasteiger partial charge in [0.05, 0.1) is 19.3 Å². The van der Waals surface area contributed by atoms with E-state index in [2.05, 4.69) is 155 Å². The zero-order valence-electron chi connectivity index (χ0n) is 47.1. The highest BCUT2D eigenvalue weighted by molar-refractivity contribution is 5.44. The summed E-state index contributed by atoms with van der Waals surface area (Å²) in [6.07, 6.45) is 13.4. The molecule has 0 heterocycles. The lowest BCUT2D eigenvalue weighted by molar-refractivity contribution is -0.477. The van der Waals surface area contributed by atoms with Gasteiger partial charge in [-0.05, 0) is 92.8 Å². The first kappa shape index (κ1) is 88.7. The SMILES string of the molecule is C.CC(C)C.CC=O.CCC(C)C.CCC(C)CC(C)(CC)OC.CCC(C)CC(C)CC(C)C.CCC(C)COO.CCCC(C)([O-])CC(C)C.COCC(C)C.COO.O=O. The smallest absolute Gasteiger partial charge is 0.116 e. The van der Waals surface area contributed by atoms with Gasteiger partial charge >= 0.3 is 0 Å². The van der Waals surface area contributed by atoms with E-state index >= 15 is 0 Å². The second-order valence-electron chi connectivity index (χ2n) is 19.6. The quantitative estimate of drug-likeness (QED) is 0.0686. The van der Waals surface area contributed by atoms with Crippen molar-refractivity contribution in [2.75, 3.05) is 34.5 Å². The summed E-state index contributed by atoms with van der Waals surface area (Å²) in [7, 11) is 4.71. The molecule has 0 aliphatic rings. The molecule has 0 amide bonds. The zero-order valence-corrected chi connectivity index (χ0v) is 47.1. The van der Waals surface area contributed by atoms with Crippen LogP contribution in [-0.2, 0) is 24.0 Å². The van der Waals surface area contributed by atoms with Crippen LogP contribution >= 0.6 is 0 Å². The minimum absolute atomic E-state index is 0. The van der Waals surface area contributed by atoms with E-state index in [4.69, 9.17) is 34.7 Å². The number of carbonyl (C=O) groups excluding carboxylic acids is 1. The maximum absolute atomic E-state index is 11.5. The van der Waals surface area contributed by atoms with Crippen LogP contribution in [0.1, 0.15) is 244 Å². The lowest BCUT2D eigenvalue weighted by Gasteiger charge is -2.38. The summed E-state index contributed by atoms with van der Waals surface area (Å²) < 4.78 is 10.3. The summed E-state index contributed by atoms with van der Waals surface area (Å²) in [4.78, 5) is 30.0. The maximum atomic E-state index is 11.5. The van der Waals surface area contributed by atoms with Crippen molar-refractivity contribution in [3.8, 4) is 0 Å². The van der Waals surface area contributed by atoms with Crippen LogP contribution in [0.5, 0.6) is 0 Å². The summed E-state index contributed by atoms with van der Waals surface area (Å²) in [5, 5.41) is 26.5. The number of hydrogen-bond donors (Lipinski definition) is 2. The van der Waals surface area contributed by atoms with E-state index in [1.165, 1.54) is 52.6 Å². The number of ether oxygens (including phenoxy) is 2. The first-order valence-electron chi connectivity index (χ1n) is 24.3. The molecular formula is C53H123O10-. The standard InChI is InChI=1S/C11H24.C10H22O.C9H19O.C5H12O2.C5H12O.C5H12.C4H10.C2H4O.CH4O2.CH4.O2/c1-6-10(4)8-11(5)7-9(2)3;1-6-9(3)8-10(4,7-2)11-5;1-5-6-9(4,10)7-8(2)3;1-3-5(2)4-7-6;1-5(2)4-6-3;1-4-5(2)3;1-4(2)3;1-2-3;1-3-2;;1-2/h9-11H,6-8H2,1-5H3;9H,6-8H2,1-5H3;8H,5-7H2,1-4H3;5-6H,3-4H2,1-2H3;5H,4H2,1-3H3;5H,4H2,1-3H3;4H,1-3H3;2*2H,1H3;1H4;/q;;-1;;;;;;;;. The fraction of sp³-hybridized carbons (Fsp3) is 0.981. The van der Waals surface area contributed by atoms with Crippen molar-refractivity contribution in [1.82, 2.24) is 0 Å². The van der Waals surface area contributed by atoms with Crippen molar-refractivity contribution in [2.24, 2.45) is 53.3 Å². The minimum atomic E-state index is -0.678. The van der Waals surface area contributed by atoms with Crippen LogP contribution < -0.4 is 5.11 Å². The number of hydrogen-bond acceptors (Lipinski definition) is 10. The molecule has 10 nitrogen and oxygen atoms in total. The van der Waals surface area contributed by atoms with Crippen LogP contribution in [0.3, 0.4) is 0 Å². The Labute approximate surface area is 398 Å². The zero-order chi connectivity index (χ0) is 51.9. The molecule has 63 heavy (non-hydrogen) atoms. The highest BCUT2D eigenvalue weighted by Gasteiger charge is 2.22. The van der Waals surface area contributed by atoms with Crippen molar-refractivity contribution >= 4 is 6.29 Å². The van der Waals surface area contributed by atoms with Gasteiger partial charge in [0.1, 0.15) is 6.29 Å². The van der Waals surface area contributed by atoms with Crippen LogP contribution in [0.25, 0.3) is 0 Å². The number of aldehydes is 1. The van der Waals surface area contributed by atoms with Gasteiger partial charge in [-0.1, -0.05) is 205 Å². The Hall–Kier alpha value is -1.01. The van der Waals surface area contributed by atoms with Crippen LogP contribution in [0, 0.1) is 63.2 Å². The second-order valence-corrected chi connectivity index (χ2v) is 19.6. The second kappa shape index (κ2) is 70.0. The molecule has 0 bridgehead atoms. The molecule has 6 unspecified atom stereocenters. The molecule has 0 saturated carbocycles. The fourth-order valence-electron chi connectivity index (χ4n) is 5.08. The van der Waals surface area contributed by atoms with Crippen LogP contribution in [0.15, 0.2) is 0 Å². The van der Waals surface area contributed by atoms with Gasteiger partial charge < -0.3 is 19.4 Å². The summed E-state index contributed by atoms with van der Waals surface area (Å²) in [6, 6.07) is 0. The Balaban J connectivity index is -0.0000000550. The molecule has 0 aliphatic heterocycles. The van der Waals surface area contributed by atoms with Gasteiger partial charge in [0.25, 0.3) is 0 Å². The van der Waals surface area contributed by atoms with Gasteiger partial charge in [-0.15, -0.1) is 5.60 Å². The van der Waals surface area contributed by atoms with Crippen LogP contribution in [-0.4, -0.2) is 62.5 Å². The molecular weight excluding hydrogens is 797 g/mol. The molecule has 0 aromatic carbocycles. The summed E-state index contributed by atoms with van der Waals surface area (Å²) in [6.45, 7) is 52.9. The molecule has 2 N–H and O–H groups in total. The summed E-state index contributed by atoms with van der Waals surface area (Å²) in [5.74, 6) is 6.90. The molecule has 0 aromatic heterocycles. The largest absolute Gasteiger partial charge is 0.850 e. The lowest BCUT2D eigenvalue weighted by atomic mass is 9.89. The Morgan fingerprint density at radius 1 is 0.571 bits per heavy atom. The Morgan fingerprint density at radius 2 is 0.937 bits per heavy atom. The molecule has 10 heteroatoms. The first-order valence-corrected chi connectivity index (χ1v) is 24.3. The van der Waals surface area contributed by atoms with E-state index in [0.29, 0.717) is 24.4 Å². The van der Waals surface area contributed by atoms with E-state index in [1.807, 2.05) is 21.0 Å². The highest BCUT2D eigenvalue weighted by Crippen LogP contribution is 2.25. The minimum Gasteiger partial charge on any atom is -0.850 e. The molecule has 0 radical (unpaired) electrons. The number of methoxy groups -OCH3 is 2. The topological polar surface area (TPSA) is 152 Å². The van der Waals surface area contributed by atoms with Crippen molar-refractivity contribution in [2.45, 2.75) is 255 Å². The predicted molar refractivity (Wildman–Crippen MR) is 280 cm³/mol. The van der Waals surface area contributed by atoms with Gasteiger partial charge in [0.15, 0.2) is 0 Å². The summed E-state index contributed by atoms with van der Waals surface area (Å²) in [5.41, 5.74) is -0.571. The third-order valence-corrected chi connectivity index (χ3v) is 9.08. The molecule has 0 rings (SSSR count). The molecule has 0 fully saturated rings. The Bertz CT molecular complexity index is 724. The first-order chi connectivity index (χ1) is 28.5. The third kappa shape index (κ3) is 126. The predicted octanol–water partition coefficient (Wildman–Crippen LogP) is 16.8. The van der Waals surface area contributed by atoms with E-state index in [0.717, 1.165) is 80.5 Å². The van der Waals surface area contributed by atoms with Crippen molar-refractivity contribution in [3.05, 3.63) is 9.93 Å². The molecule has 0 saturated heterocycles. The molecule has 0 aromatic rings. The molecule has 0 aliphatic carbocycles. The number of carbonyl (C=O) groups is 1. The third-order valence-electron chi connectivity index (χ3n) is 9.08. The van der Waals surface area contributed by atoms with E-state index in [-0.39, 0.29) is 13.0 Å². The van der Waals surface area contributed by atoms with E-state index in [1.54, 1.807) is 7.11 Å².